The number of hydrogen-bond acceptors (Lipinski definition) is 5. The maximum absolute atomic E-state index is 12.7. The zero-order chi connectivity index (χ0) is 22.4. The zero-order valence-corrected chi connectivity index (χ0v) is 17.3. The van der Waals surface area contributed by atoms with Gasteiger partial charge in [0.25, 0.3) is 11.8 Å². The molecule has 1 aliphatic heterocycles. The number of ketones is 1. The van der Waals surface area contributed by atoms with Crippen molar-refractivity contribution in [1.82, 2.24) is 4.90 Å². The molecule has 158 valence electrons. The summed E-state index contributed by atoms with van der Waals surface area (Å²) in [6.45, 7) is 0.952. The van der Waals surface area contributed by atoms with Crippen LogP contribution in [0.4, 0.5) is 0 Å². The van der Waals surface area contributed by atoms with Gasteiger partial charge in [-0.25, -0.2) is 4.79 Å². The van der Waals surface area contributed by atoms with Gasteiger partial charge in [-0.15, -0.1) is 0 Å². The van der Waals surface area contributed by atoms with Crippen LogP contribution < -0.4 is 0 Å². The van der Waals surface area contributed by atoms with Crippen molar-refractivity contribution in [3.8, 4) is 11.1 Å². The van der Waals surface area contributed by atoms with E-state index in [4.69, 9.17) is 4.74 Å². The predicted octanol–water partition coefficient (Wildman–Crippen LogP) is 3.67. The highest BCUT2D eigenvalue weighted by atomic mass is 16.5. The number of hydrogen-bond donors (Lipinski definition) is 0. The highest BCUT2D eigenvalue weighted by Crippen LogP contribution is 2.36. The minimum absolute atomic E-state index is 0.256. The third-order valence-electron chi connectivity index (χ3n) is 6.02. The average molecular weight is 425 g/mol. The van der Waals surface area contributed by atoms with Crippen molar-refractivity contribution < 1.29 is 23.9 Å². The molecule has 1 heterocycles. The largest absolute Gasteiger partial charge is 0.456 e. The topological polar surface area (TPSA) is 80.8 Å². The Hall–Kier alpha value is -4.06. The van der Waals surface area contributed by atoms with Gasteiger partial charge in [-0.05, 0) is 53.8 Å². The number of rotatable bonds is 5. The van der Waals surface area contributed by atoms with Crippen LogP contribution in [0.1, 0.15) is 49.1 Å². The van der Waals surface area contributed by atoms with Crippen molar-refractivity contribution in [2.24, 2.45) is 0 Å². The van der Waals surface area contributed by atoms with Crippen LogP contribution in [0, 0.1) is 0 Å². The van der Waals surface area contributed by atoms with Crippen molar-refractivity contribution in [3.05, 3.63) is 94.5 Å². The van der Waals surface area contributed by atoms with E-state index in [-0.39, 0.29) is 16.9 Å². The molecular weight excluding hydrogens is 406 g/mol. The number of nitrogens with zero attached hydrogens (tertiary/aromatic N) is 1. The summed E-state index contributed by atoms with van der Waals surface area (Å²) in [5.74, 6) is -2.24. The Morgan fingerprint density at radius 3 is 2.12 bits per heavy atom. The van der Waals surface area contributed by atoms with Crippen LogP contribution in [0.25, 0.3) is 11.1 Å². The number of carbonyl (C=O) groups excluding carboxylic acids is 4. The number of amides is 2. The Morgan fingerprint density at radius 2 is 1.44 bits per heavy atom. The third-order valence-corrected chi connectivity index (χ3v) is 6.02. The third kappa shape index (κ3) is 3.12. The monoisotopic (exact) mass is 425 g/mol. The second kappa shape index (κ2) is 7.57. The number of Topliss-reactive ketones (excluding diaryl/α,β-unsaturated/α-hetero) is 1. The molecule has 0 saturated carbocycles. The van der Waals surface area contributed by atoms with Crippen LogP contribution >= 0.6 is 0 Å². The fourth-order valence-corrected chi connectivity index (χ4v) is 4.30. The van der Waals surface area contributed by atoms with Crippen LogP contribution in [0.5, 0.6) is 0 Å². The summed E-state index contributed by atoms with van der Waals surface area (Å²) in [4.78, 5) is 51.2. The molecule has 2 aliphatic rings. The first-order valence-electron chi connectivity index (χ1n) is 10.3. The first kappa shape index (κ1) is 19.9. The SMILES string of the molecule is CC(C(=O)OCC(=O)c1ccc2c(c1)-c1ccccc1C2)N1C(=O)c2ccccc2C1=O. The Kier molecular flexibility index (Phi) is 4.70. The maximum atomic E-state index is 12.7. The molecule has 3 aromatic carbocycles. The summed E-state index contributed by atoms with van der Waals surface area (Å²) in [6, 6.07) is 18.8. The molecule has 1 atom stereocenters. The number of carbonyl (C=O) groups is 4. The number of esters is 1. The molecule has 3 aromatic rings. The molecule has 2 amide bonds. The van der Waals surface area contributed by atoms with Gasteiger partial charge in [0.15, 0.2) is 12.4 Å². The second-order valence-corrected chi connectivity index (χ2v) is 7.94. The van der Waals surface area contributed by atoms with Crippen LogP contribution in [0.15, 0.2) is 66.7 Å². The van der Waals surface area contributed by atoms with Gasteiger partial charge in [-0.3, -0.25) is 19.3 Å². The van der Waals surface area contributed by atoms with Gasteiger partial charge in [0.05, 0.1) is 11.1 Å². The summed E-state index contributed by atoms with van der Waals surface area (Å²) in [6.07, 6.45) is 0.826. The van der Waals surface area contributed by atoms with Gasteiger partial charge in [-0.1, -0.05) is 48.5 Å². The highest BCUT2D eigenvalue weighted by Gasteiger charge is 2.41. The van der Waals surface area contributed by atoms with Gasteiger partial charge < -0.3 is 4.74 Å². The molecule has 0 bridgehead atoms. The minimum atomic E-state index is -1.14. The predicted molar refractivity (Wildman–Crippen MR) is 116 cm³/mol. The van der Waals surface area contributed by atoms with Gasteiger partial charge >= 0.3 is 5.97 Å². The summed E-state index contributed by atoms with van der Waals surface area (Å²) < 4.78 is 5.18. The van der Waals surface area contributed by atoms with Crippen molar-refractivity contribution >= 4 is 23.6 Å². The van der Waals surface area contributed by atoms with E-state index in [0.717, 1.165) is 28.0 Å². The fraction of sp³-hybridized carbons (Fsp3) is 0.154. The van der Waals surface area contributed by atoms with Crippen molar-refractivity contribution in [1.29, 1.82) is 0 Å². The summed E-state index contributed by atoms with van der Waals surface area (Å²) >= 11 is 0. The van der Waals surface area contributed by atoms with Crippen molar-refractivity contribution in [3.63, 3.8) is 0 Å². The van der Waals surface area contributed by atoms with E-state index in [1.807, 2.05) is 30.3 Å². The van der Waals surface area contributed by atoms with Crippen LogP contribution in [-0.2, 0) is 16.0 Å². The first-order chi connectivity index (χ1) is 15.5. The van der Waals surface area contributed by atoms with Crippen molar-refractivity contribution in [2.45, 2.75) is 19.4 Å². The van der Waals surface area contributed by atoms with E-state index in [2.05, 4.69) is 6.07 Å². The van der Waals surface area contributed by atoms with Crippen LogP contribution in [-0.4, -0.2) is 41.1 Å². The van der Waals surface area contributed by atoms with Gasteiger partial charge in [0.2, 0.25) is 0 Å². The summed E-state index contributed by atoms with van der Waals surface area (Å²) in [5, 5.41) is 0. The van der Waals surface area contributed by atoms with E-state index in [1.54, 1.807) is 30.3 Å². The van der Waals surface area contributed by atoms with Crippen LogP contribution in [0.2, 0.25) is 0 Å². The van der Waals surface area contributed by atoms with E-state index >= 15 is 0 Å². The Morgan fingerprint density at radius 1 is 0.844 bits per heavy atom. The van der Waals surface area contributed by atoms with E-state index < -0.39 is 30.4 Å². The number of imide groups is 1. The lowest BCUT2D eigenvalue weighted by atomic mass is 10.0. The quantitative estimate of drug-likeness (QED) is 0.277. The number of ether oxygens (including phenoxy) is 1. The summed E-state index contributed by atoms with van der Waals surface area (Å²) in [5.41, 5.74) is 5.44. The molecule has 0 fully saturated rings. The second-order valence-electron chi connectivity index (χ2n) is 7.94. The standard InChI is InChI=1S/C26H19NO5/c1-15(27-24(29)20-8-4-5-9-21(20)25(27)30)26(31)32-14-23(28)18-11-10-17-12-16-6-2-3-7-19(16)22(17)13-18/h2-11,13,15H,12,14H2,1H3. The normalized spacial score (nSPS) is 14.6. The Balaban J connectivity index is 1.27. The number of fused-ring (bicyclic) bond motifs is 4. The molecule has 0 N–H and O–H groups in total. The molecule has 0 spiro atoms. The minimum Gasteiger partial charge on any atom is -0.456 e. The average Bonchev–Trinajstić information content (AvgIpc) is 3.31. The van der Waals surface area contributed by atoms with E-state index in [9.17, 15) is 19.2 Å². The van der Waals surface area contributed by atoms with Crippen molar-refractivity contribution in [2.75, 3.05) is 6.61 Å². The van der Waals surface area contributed by atoms with E-state index in [1.165, 1.54) is 12.5 Å². The summed E-state index contributed by atoms with van der Waals surface area (Å²) in [7, 11) is 0. The number of benzene rings is 3. The zero-order valence-electron chi connectivity index (χ0n) is 17.3. The van der Waals surface area contributed by atoms with Gasteiger partial charge in [0, 0.05) is 5.56 Å². The molecular formula is C26H19NO5. The fourth-order valence-electron chi connectivity index (χ4n) is 4.30. The molecule has 5 rings (SSSR count). The lowest BCUT2D eigenvalue weighted by Gasteiger charge is -2.20. The highest BCUT2D eigenvalue weighted by molar-refractivity contribution is 6.22. The lowest BCUT2D eigenvalue weighted by Crippen LogP contribution is -2.44. The smallest absolute Gasteiger partial charge is 0.329 e. The van der Waals surface area contributed by atoms with Gasteiger partial charge in [-0.2, -0.15) is 0 Å². The Bertz CT molecular complexity index is 1270. The van der Waals surface area contributed by atoms with Crippen LogP contribution in [0.3, 0.4) is 0 Å². The molecule has 0 radical (unpaired) electrons. The molecule has 1 aliphatic carbocycles. The maximum Gasteiger partial charge on any atom is 0.329 e. The molecule has 6 heteroatoms. The molecule has 0 aromatic heterocycles. The molecule has 32 heavy (non-hydrogen) atoms. The van der Waals surface area contributed by atoms with E-state index in [0.29, 0.717) is 5.56 Å². The molecule has 1 unspecified atom stereocenters. The first-order valence-corrected chi connectivity index (χ1v) is 10.3. The lowest BCUT2D eigenvalue weighted by molar-refractivity contribution is -0.146. The molecule has 6 nitrogen and oxygen atoms in total. The Labute approximate surface area is 184 Å². The van der Waals surface area contributed by atoms with Gasteiger partial charge in [0.1, 0.15) is 6.04 Å². The molecule has 0 saturated heterocycles.